The van der Waals surface area contributed by atoms with Crippen LogP contribution >= 0.6 is 0 Å². The van der Waals surface area contributed by atoms with Crippen LogP contribution in [0.25, 0.3) is 0 Å². The van der Waals surface area contributed by atoms with E-state index in [1.165, 1.54) is 18.0 Å². The van der Waals surface area contributed by atoms with Gasteiger partial charge in [0.25, 0.3) is 5.91 Å². The number of urea groups is 1. The molecule has 0 bridgehead atoms. The summed E-state index contributed by atoms with van der Waals surface area (Å²) in [5, 5.41) is 10.1. The number of likely N-dealkylation sites (tertiary alicyclic amines) is 1. The van der Waals surface area contributed by atoms with E-state index in [1.54, 1.807) is 0 Å². The van der Waals surface area contributed by atoms with Crippen molar-refractivity contribution in [1.82, 2.24) is 26.2 Å². The van der Waals surface area contributed by atoms with Crippen LogP contribution in [0.1, 0.15) is 46.5 Å². The molecule has 0 aromatic heterocycles. The molecule has 10 nitrogen and oxygen atoms in total. The Morgan fingerprint density at radius 3 is 2.42 bits per heavy atom. The number of hydrogen-bond acceptors (Lipinski definition) is 5. The van der Waals surface area contributed by atoms with Crippen LogP contribution in [0.4, 0.5) is 4.79 Å². The van der Waals surface area contributed by atoms with Gasteiger partial charge in [0.05, 0.1) is 6.04 Å². The summed E-state index contributed by atoms with van der Waals surface area (Å²) in [6.07, 6.45) is 7.98. The summed E-state index contributed by atoms with van der Waals surface area (Å²) in [5.41, 5.74) is -0.609. The first-order valence-corrected chi connectivity index (χ1v) is 10.9. The highest BCUT2D eigenvalue weighted by Gasteiger charge is 2.42. The molecule has 1 aliphatic rings. The monoisotopic (exact) mass is 461 g/mol. The van der Waals surface area contributed by atoms with Crippen LogP contribution in [-0.2, 0) is 19.2 Å². The van der Waals surface area contributed by atoms with Crippen molar-refractivity contribution >= 4 is 29.5 Å². The van der Waals surface area contributed by atoms with Gasteiger partial charge in [-0.3, -0.25) is 19.2 Å². The van der Waals surface area contributed by atoms with Gasteiger partial charge in [0.15, 0.2) is 0 Å². The highest BCUT2D eigenvalue weighted by atomic mass is 16.2. The predicted molar refractivity (Wildman–Crippen MR) is 124 cm³/mol. The Kier molecular flexibility index (Phi) is 10.6. The number of nitrogens with one attached hydrogen (secondary N) is 4. The minimum Gasteiger partial charge on any atom is -0.346 e. The minimum atomic E-state index is -1.11. The molecule has 0 radical (unpaired) electrons. The summed E-state index contributed by atoms with van der Waals surface area (Å²) >= 11 is 0. The fourth-order valence-corrected chi connectivity index (χ4v) is 3.50. The van der Waals surface area contributed by atoms with Crippen molar-refractivity contribution < 1.29 is 24.0 Å². The molecular weight excluding hydrogens is 426 g/mol. The Hall–Kier alpha value is -3.35. The number of amides is 5. The molecule has 0 aromatic carbocycles. The molecular formula is C23H35N5O5. The van der Waals surface area contributed by atoms with E-state index in [1.807, 2.05) is 20.8 Å². The molecule has 33 heavy (non-hydrogen) atoms. The first kappa shape index (κ1) is 27.7. The standard InChI is InChI=1S/C23H35N5O5/c1-7-9-11-15(17(29)20(31)25-13-8-2)26-19(30)16-12-10-14-28(16)21(32)18(23(3,4)5)27-22(33)24-6/h1,8,15-16,18H,2,9-14H2,3-6H3,(H,25,31)(H,26,30)(H2,24,27,33). The fourth-order valence-electron chi connectivity index (χ4n) is 3.50. The zero-order chi connectivity index (χ0) is 25.2. The van der Waals surface area contributed by atoms with E-state index in [9.17, 15) is 24.0 Å². The number of Topliss-reactive ketones (excluding diaryl/α,β-unsaturated/α-hetero) is 1. The lowest BCUT2D eigenvalue weighted by molar-refractivity contribution is -0.143. The molecule has 0 aliphatic carbocycles. The number of rotatable bonds is 10. The van der Waals surface area contributed by atoms with Crippen molar-refractivity contribution in [2.45, 2.75) is 64.6 Å². The molecule has 1 rings (SSSR count). The Balaban J connectivity index is 3.03. The molecule has 0 saturated carbocycles. The molecule has 0 spiro atoms. The van der Waals surface area contributed by atoms with Gasteiger partial charge in [0.2, 0.25) is 17.6 Å². The summed E-state index contributed by atoms with van der Waals surface area (Å²) in [6.45, 7) is 9.36. The van der Waals surface area contributed by atoms with Crippen LogP contribution in [-0.4, -0.2) is 72.7 Å². The van der Waals surface area contributed by atoms with E-state index >= 15 is 0 Å². The van der Waals surface area contributed by atoms with E-state index < -0.39 is 47.2 Å². The minimum absolute atomic E-state index is 0.0894. The fraction of sp³-hybridized carbons (Fsp3) is 0.609. The summed E-state index contributed by atoms with van der Waals surface area (Å²) < 4.78 is 0. The zero-order valence-electron chi connectivity index (χ0n) is 19.8. The van der Waals surface area contributed by atoms with Crippen LogP contribution < -0.4 is 21.3 Å². The van der Waals surface area contributed by atoms with Crippen LogP contribution in [0.5, 0.6) is 0 Å². The Morgan fingerprint density at radius 2 is 1.88 bits per heavy atom. The zero-order valence-corrected chi connectivity index (χ0v) is 19.8. The molecule has 182 valence electrons. The quantitative estimate of drug-likeness (QED) is 0.208. The van der Waals surface area contributed by atoms with Crippen molar-refractivity contribution in [3.8, 4) is 12.3 Å². The maximum atomic E-state index is 13.3. The molecule has 1 heterocycles. The van der Waals surface area contributed by atoms with Crippen LogP contribution in [0.15, 0.2) is 12.7 Å². The summed E-state index contributed by atoms with van der Waals surface area (Å²) in [6, 6.07) is -3.31. The average Bonchev–Trinajstić information content (AvgIpc) is 3.26. The smallest absolute Gasteiger partial charge is 0.315 e. The Labute approximate surface area is 195 Å². The van der Waals surface area contributed by atoms with Gasteiger partial charge >= 0.3 is 6.03 Å². The first-order valence-electron chi connectivity index (χ1n) is 10.9. The van der Waals surface area contributed by atoms with Crippen LogP contribution in [0.3, 0.4) is 0 Å². The van der Waals surface area contributed by atoms with Crippen molar-refractivity contribution in [2.24, 2.45) is 5.41 Å². The SMILES string of the molecule is C#CCCC(NC(=O)C1CCCN1C(=O)C(NC(=O)NC)C(C)(C)C)C(=O)C(=O)NCC=C. The van der Waals surface area contributed by atoms with E-state index in [-0.39, 0.29) is 25.3 Å². The molecule has 1 saturated heterocycles. The molecule has 1 aliphatic heterocycles. The lowest BCUT2D eigenvalue weighted by Crippen LogP contribution is -2.59. The third kappa shape index (κ3) is 7.93. The second kappa shape index (κ2) is 12.6. The predicted octanol–water partition coefficient (Wildman–Crippen LogP) is 0.0906. The normalized spacial score (nSPS) is 17.2. The largest absolute Gasteiger partial charge is 0.346 e. The second-order valence-corrected chi connectivity index (χ2v) is 8.88. The van der Waals surface area contributed by atoms with Crippen molar-refractivity contribution in [1.29, 1.82) is 0 Å². The lowest BCUT2D eigenvalue weighted by atomic mass is 9.85. The molecule has 10 heteroatoms. The number of carbonyl (C=O) groups excluding carboxylic acids is 5. The molecule has 4 N–H and O–H groups in total. The maximum Gasteiger partial charge on any atom is 0.315 e. The highest BCUT2D eigenvalue weighted by Crippen LogP contribution is 2.26. The Morgan fingerprint density at radius 1 is 1.21 bits per heavy atom. The highest BCUT2D eigenvalue weighted by molar-refractivity contribution is 6.38. The third-order valence-corrected chi connectivity index (χ3v) is 5.30. The molecule has 3 atom stereocenters. The van der Waals surface area contributed by atoms with E-state index in [0.717, 1.165) is 0 Å². The van der Waals surface area contributed by atoms with Gasteiger partial charge in [-0.1, -0.05) is 26.8 Å². The van der Waals surface area contributed by atoms with E-state index in [2.05, 4.69) is 33.8 Å². The number of terminal acetylenes is 1. The first-order chi connectivity index (χ1) is 15.5. The number of carbonyl (C=O) groups is 5. The summed E-state index contributed by atoms with van der Waals surface area (Å²) in [4.78, 5) is 64.3. The average molecular weight is 462 g/mol. The third-order valence-electron chi connectivity index (χ3n) is 5.30. The van der Waals surface area contributed by atoms with Crippen LogP contribution in [0, 0.1) is 17.8 Å². The summed E-state index contributed by atoms with van der Waals surface area (Å²) in [5.74, 6) is -0.196. The van der Waals surface area contributed by atoms with Crippen molar-refractivity contribution in [2.75, 3.05) is 20.1 Å². The van der Waals surface area contributed by atoms with Crippen molar-refractivity contribution in [3.05, 3.63) is 12.7 Å². The van der Waals surface area contributed by atoms with E-state index in [0.29, 0.717) is 19.4 Å². The van der Waals surface area contributed by atoms with Gasteiger partial charge in [-0.15, -0.1) is 18.9 Å². The van der Waals surface area contributed by atoms with Gasteiger partial charge in [0, 0.05) is 26.6 Å². The molecule has 1 fully saturated rings. The van der Waals surface area contributed by atoms with Gasteiger partial charge in [-0.05, 0) is 24.7 Å². The van der Waals surface area contributed by atoms with Gasteiger partial charge in [-0.25, -0.2) is 4.79 Å². The van der Waals surface area contributed by atoms with Gasteiger partial charge in [0.1, 0.15) is 12.1 Å². The lowest BCUT2D eigenvalue weighted by Gasteiger charge is -2.35. The number of hydrogen-bond donors (Lipinski definition) is 4. The van der Waals surface area contributed by atoms with Crippen LogP contribution in [0.2, 0.25) is 0 Å². The molecule has 5 amide bonds. The van der Waals surface area contributed by atoms with Gasteiger partial charge < -0.3 is 26.2 Å². The maximum absolute atomic E-state index is 13.3. The second-order valence-electron chi connectivity index (χ2n) is 8.88. The van der Waals surface area contributed by atoms with Gasteiger partial charge in [-0.2, -0.15) is 0 Å². The summed E-state index contributed by atoms with van der Waals surface area (Å²) in [7, 11) is 1.45. The molecule has 0 aromatic rings. The number of nitrogens with zero attached hydrogens (tertiary/aromatic N) is 1. The molecule has 3 unspecified atom stereocenters. The Bertz CT molecular complexity index is 811. The van der Waals surface area contributed by atoms with Crippen molar-refractivity contribution in [3.63, 3.8) is 0 Å². The topological polar surface area (TPSA) is 137 Å². The number of ketones is 1. The van der Waals surface area contributed by atoms with E-state index in [4.69, 9.17) is 6.42 Å².